The largest absolute Gasteiger partial charge is 0.449 e. The lowest BCUT2D eigenvalue weighted by Gasteiger charge is -2.49. The quantitative estimate of drug-likeness (QED) is 0.203. The minimum atomic E-state index is -0.825. The Bertz CT molecular complexity index is 1680. The number of fused-ring (bicyclic) bond motifs is 3. The molecule has 4 aromatic rings. The van der Waals surface area contributed by atoms with Crippen LogP contribution in [-0.2, 0) is 22.4 Å². The fourth-order valence-corrected chi connectivity index (χ4v) is 7.35. The highest BCUT2D eigenvalue weighted by atomic mass is 16.5. The van der Waals surface area contributed by atoms with E-state index in [1.54, 1.807) is 12.1 Å². The molecule has 2 heterocycles. The van der Waals surface area contributed by atoms with Gasteiger partial charge in [0.15, 0.2) is 0 Å². The lowest BCUT2D eigenvalue weighted by molar-refractivity contribution is -0.139. The molecule has 0 saturated carbocycles. The zero-order valence-electron chi connectivity index (χ0n) is 26.3. The highest BCUT2D eigenvalue weighted by Crippen LogP contribution is 2.44. The summed E-state index contributed by atoms with van der Waals surface area (Å²) >= 11 is 0. The molecule has 8 heteroatoms. The number of carbonyl (C=O) groups excluding carboxylic acids is 3. The summed E-state index contributed by atoms with van der Waals surface area (Å²) in [6.07, 6.45) is 4.27. The number of nitrogens with zero attached hydrogens (tertiary/aromatic N) is 1. The molecular weight excluding hydrogens is 588 g/mol. The molecule has 2 atom stereocenters. The van der Waals surface area contributed by atoms with Crippen LogP contribution in [0.5, 0.6) is 0 Å². The molecule has 1 aliphatic carbocycles. The highest BCUT2D eigenvalue weighted by molar-refractivity contribution is 5.86. The Morgan fingerprint density at radius 1 is 0.830 bits per heavy atom. The minimum absolute atomic E-state index is 0.0186. The van der Waals surface area contributed by atoms with Crippen molar-refractivity contribution in [3.05, 3.63) is 131 Å². The Morgan fingerprint density at radius 2 is 1.49 bits per heavy atom. The van der Waals surface area contributed by atoms with Crippen LogP contribution in [0, 0.1) is 0 Å². The number of benzene rings is 4. The van der Waals surface area contributed by atoms with Crippen LogP contribution >= 0.6 is 0 Å². The normalized spacial score (nSPS) is 20.8. The Hall–Kier alpha value is -4.79. The van der Waals surface area contributed by atoms with Gasteiger partial charge in [-0.25, -0.2) is 4.79 Å². The molecule has 2 fully saturated rings. The third-order valence-electron chi connectivity index (χ3n) is 9.75. The zero-order chi connectivity index (χ0) is 32.2. The van der Waals surface area contributed by atoms with Crippen molar-refractivity contribution in [3.8, 4) is 11.1 Å². The van der Waals surface area contributed by atoms with Gasteiger partial charge in [0, 0.05) is 30.9 Å². The van der Waals surface area contributed by atoms with Gasteiger partial charge in [0.2, 0.25) is 5.91 Å². The van der Waals surface area contributed by atoms with Crippen LogP contribution in [0.4, 0.5) is 4.79 Å². The second-order valence-electron chi connectivity index (χ2n) is 12.7. The fraction of sp³-hybridized carbons (Fsp3) is 0.308. The topological polar surface area (TPSA) is 99.8 Å². The van der Waals surface area contributed by atoms with E-state index in [0.717, 1.165) is 59.8 Å². The van der Waals surface area contributed by atoms with Crippen LogP contribution in [0.25, 0.3) is 11.1 Å². The van der Waals surface area contributed by atoms with Gasteiger partial charge in [-0.1, -0.05) is 103 Å². The number of rotatable bonds is 10. The van der Waals surface area contributed by atoms with Crippen molar-refractivity contribution in [3.63, 3.8) is 0 Å². The maximum atomic E-state index is 14.3. The maximum absolute atomic E-state index is 14.3. The number of likely N-dealkylation sites (tertiary alicyclic amines) is 1. The number of ether oxygens (including phenoxy) is 1. The summed E-state index contributed by atoms with van der Waals surface area (Å²) in [4.78, 5) is 40.9. The van der Waals surface area contributed by atoms with Crippen molar-refractivity contribution in [2.75, 3.05) is 13.2 Å². The molecule has 0 spiro atoms. The SMILES string of the molecule is O=Cc1ccc(C[C@H](NC(=O)OCC2c3ccccc3-c3ccccc32)C(=O)N2CCCC[C@H]2C2NC(Cc3ccccc3)N2)cc1. The summed E-state index contributed by atoms with van der Waals surface area (Å²) < 4.78 is 5.87. The number of piperidine rings is 1. The predicted octanol–water partition coefficient (Wildman–Crippen LogP) is 5.42. The summed E-state index contributed by atoms with van der Waals surface area (Å²) in [5.74, 6) is -0.206. The van der Waals surface area contributed by atoms with E-state index in [0.29, 0.717) is 12.1 Å². The number of amides is 2. The molecule has 47 heavy (non-hydrogen) atoms. The lowest BCUT2D eigenvalue weighted by Crippen LogP contribution is -2.75. The molecule has 3 N–H and O–H groups in total. The molecule has 2 saturated heterocycles. The lowest BCUT2D eigenvalue weighted by atomic mass is 9.94. The standard InChI is InChI=1S/C39H40N4O4/c44-24-28-19-17-27(18-20-28)22-34(40-39(46)47-25-33-31-14-6-4-12-29(31)30-13-5-7-15-32(30)33)38(45)43-21-9-8-16-35(43)37-41-36(42-37)23-26-10-2-1-3-11-26/h1-7,10-15,17-20,24,33-37,41-42H,8-9,16,21-23,25H2,(H,40,46)/t34-,35-,36?,37?/m0/s1. The van der Waals surface area contributed by atoms with Gasteiger partial charge in [0.25, 0.3) is 0 Å². The number of hydrogen-bond acceptors (Lipinski definition) is 6. The van der Waals surface area contributed by atoms with Gasteiger partial charge >= 0.3 is 6.09 Å². The average molecular weight is 629 g/mol. The van der Waals surface area contributed by atoms with Crippen molar-refractivity contribution in [1.29, 1.82) is 0 Å². The summed E-state index contributed by atoms with van der Waals surface area (Å²) in [6, 6.07) is 33.0. The monoisotopic (exact) mass is 628 g/mol. The predicted molar refractivity (Wildman–Crippen MR) is 181 cm³/mol. The van der Waals surface area contributed by atoms with Crippen LogP contribution in [-0.4, -0.2) is 60.8 Å². The van der Waals surface area contributed by atoms with Crippen molar-refractivity contribution in [2.24, 2.45) is 0 Å². The van der Waals surface area contributed by atoms with Gasteiger partial charge in [0.05, 0.1) is 18.4 Å². The van der Waals surface area contributed by atoms with Crippen LogP contribution in [0.3, 0.4) is 0 Å². The van der Waals surface area contributed by atoms with Gasteiger partial charge in [-0.05, 0) is 52.6 Å². The first-order valence-electron chi connectivity index (χ1n) is 16.6. The van der Waals surface area contributed by atoms with E-state index in [4.69, 9.17) is 4.74 Å². The first-order valence-corrected chi connectivity index (χ1v) is 16.6. The minimum Gasteiger partial charge on any atom is -0.449 e. The first-order chi connectivity index (χ1) is 23.1. The summed E-state index contributed by atoms with van der Waals surface area (Å²) in [5, 5.41) is 10.2. The van der Waals surface area contributed by atoms with Crippen molar-refractivity contribution >= 4 is 18.3 Å². The van der Waals surface area contributed by atoms with Crippen molar-refractivity contribution < 1.29 is 19.1 Å². The summed E-state index contributed by atoms with van der Waals surface area (Å²) in [6.45, 7) is 0.791. The van der Waals surface area contributed by atoms with Crippen molar-refractivity contribution in [2.45, 2.75) is 62.4 Å². The first kappa shape index (κ1) is 30.8. The van der Waals surface area contributed by atoms with E-state index in [1.807, 2.05) is 59.5 Å². The van der Waals surface area contributed by atoms with Gasteiger partial charge in [-0.15, -0.1) is 0 Å². The van der Waals surface area contributed by atoms with Crippen LogP contribution in [0.2, 0.25) is 0 Å². The molecule has 8 nitrogen and oxygen atoms in total. The van der Waals surface area contributed by atoms with Gasteiger partial charge in [0.1, 0.15) is 18.9 Å². The zero-order valence-corrected chi connectivity index (χ0v) is 26.3. The second-order valence-corrected chi connectivity index (χ2v) is 12.7. The summed E-state index contributed by atoms with van der Waals surface area (Å²) in [5.41, 5.74) is 7.24. The molecule has 240 valence electrons. The van der Waals surface area contributed by atoms with E-state index in [9.17, 15) is 14.4 Å². The Kier molecular flexibility index (Phi) is 9.13. The maximum Gasteiger partial charge on any atom is 0.407 e. The van der Waals surface area contributed by atoms with E-state index in [-0.39, 0.29) is 43.2 Å². The molecule has 3 aliphatic rings. The smallest absolute Gasteiger partial charge is 0.407 e. The van der Waals surface area contributed by atoms with Gasteiger partial charge in [-0.2, -0.15) is 0 Å². The Balaban J connectivity index is 1.05. The molecule has 0 unspecified atom stereocenters. The molecule has 2 aliphatic heterocycles. The van der Waals surface area contributed by atoms with Crippen LogP contribution in [0.1, 0.15) is 57.8 Å². The molecule has 0 bridgehead atoms. The molecular formula is C39H40N4O4. The van der Waals surface area contributed by atoms with Crippen LogP contribution in [0.15, 0.2) is 103 Å². The van der Waals surface area contributed by atoms with Crippen LogP contribution < -0.4 is 16.0 Å². The number of aldehydes is 1. The third kappa shape index (κ3) is 6.70. The number of carbonyl (C=O) groups is 3. The number of nitrogens with one attached hydrogen (secondary N) is 3. The Morgan fingerprint density at radius 3 is 2.17 bits per heavy atom. The van der Waals surface area contributed by atoms with E-state index >= 15 is 0 Å². The number of alkyl carbamates (subject to hydrolysis) is 1. The van der Waals surface area contributed by atoms with E-state index in [1.165, 1.54) is 5.56 Å². The second kappa shape index (κ2) is 13.9. The fourth-order valence-electron chi connectivity index (χ4n) is 7.35. The van der Waals surface area contributed by atoms with Crippen molar-refractivity contribution in [1.82, 2.24) is 20.9 Å². The van der Waals surface area contributed by atoms with Gasteiger partial charge < -0.3 is 15.0 Å². The Labute approximate surface area is 275 Å². The molecule has 4 aromatic carbocycles. The molecule has 0 radical (unpaired) electrons. The highest BCUT2D eigenvalue weighted by Gasteiger charge is 2.41. The molecule has 2 amide bonds. The molecule has 0 aromatic heterocycles. The van der Waals surface area contributed by atoms with Gasteiger partial charge in [-0.3, -0.25) is 20.2 Å². The third-order valence-corrected chi connectivity index (χ3v) is 9.75. The number of hydrogen-bond donors (Lipinski definition) is 3. The van der Waals surface area contributed by atoms with E-state index in [2.05, 4.69) is 52.3 Å². The molecule has 7 rings (SSSR count). The average Bonchev–Trinajstić information content (AvgIpc) is 3.42. The summed E-state index contributed by atoms with van der Waals surface area (Å²) in [7, 11) is 0. The van der Waals surface area contributed by atoms with E-state index < -0.39 is 12.1 Å².